The summed E-state index contributed by atoms with van der Waals surface area (Å²) in [6, 6.07) is 0. The van der Waals surface area contributed by atoms with Crippen LogP contribution in [0.2, 0.25) is 0 Å². The summed E-state index contributed by atoms with van der Waals surface area (Å²) in [5.41, 5.74) is 5.21. The highest BCUT2D eigenvalue weighted by atomic mass is 31.2. The Morgan fingerprint density at radius 3 is 1.47 bits per heavy atom. The molecule has 7 heteroatoms. The van der Waals surface area contributed by atoms with E-state index in [1.54, 1.807) is 0 Å². The van der Waals surface area contributed by atoms with Crippen LogP contribution in [0.25, 0.3) is 0 Å². The zero-order chi connectivity index (χ0) is 22.2. The summed E-state index contributed by atoms with van der Waals surface area (Å²) < 4.78 is 26.4. The Bertz CT molecular complexity index is 385. The molecule has 0 fully saturated rings. The molecule has 0 spiro atoms. The van der Waals surface area contributed by atoms with Gasteiger partial charge in [-0.15, -0.1) is 0 Å². The van der Waals surface area contributed by atoms with Crippen molar-refractivity contribution in [2.24, 2.45) is 5.73 Å². The van der Waals surface area contributed by atoms with Crippen LogP contribution in [0.1, 0.15) is 116 Å². The van der Waals surface area contributed by atoms with Crippen LogP contribution in [-0.2, 0) is 18.3 Å². The maximum atomic E-state index is 11.4. The average molecular weight is 452 g/mol. The molecule has 0 saturated carbocycles. The number of unbranched alkanes of at least 4 members (excludes halogenated alkanes) is 15. The van der Waals surface area contributed by atoms with Crippen molar-refractivity contribution in [1.29, 1.82) is 0 Å². The fourth-order valence-electron chi connectivity index (χ4n) is 3.40. The Hall–Kier alpha value is 0.0300. The van der Waals surface area contributed by atoms with E-state index >= 15 is 0 Å². The Kier molecular flexibility index (Phi) is 23.7. The second-order valence-corrected chi connectivity index (χ2v) is 9.65. The third kappa shape index (κ3) is 24.3. The van der Waals surface area contributed by atoms with Gasteiger partial charge < -0.3 is 15.4 Å². The molecule has 0 aromatic rings. The van der Waals surface area contributed by atoms with Crippen molar-refractivity contribution >= 4 is 7.82 Å². The molecule has 0 amide bonds. The van der Waals surface area contributed by atoms with Crippen molar-refractivity contribution in [1.82, 2.24) is 0 Å². The maximum absolute atomic E-state index is 11.4. The second kappa shape index (κ2) is 23.7. The van der Waals surface area contributed by atoms with Crippen LogP contribution >= 0.6 is 7.82 Å². The van der Waals surface area contributed by atoms with E-state index in [0.29, 0.717) is 13.0 Å². The molecule has 3 N–H and O–H groups in total. The van der Waals surface area contributed by atoms with Crippen LogP contribution in [0, 0.1) is 0 Å². The molecule has 1 atom stereocenters. The lowest BCUT2D eigenvalue weighted by atomic mass is 10.0. The molecule has 0 radical (unpaired) electrons. The monoisotopic (exact) mass is 451 g/mol. The lowest BCUT2D eigenvalue weighted by Crippen LogP contribution is -2.09. The standard InChI is InChI=1S/C23H50NO5P/c1-2-3-4-5-6-7-8-9-10-11-12-13-14-15-16-17-20-27-21-18-22-28-30(25,26)29-23-19-24/h2-24H2,1H3,(H,25,26). The predicted molar refractivity (Wildman–Crippen MR) is 126 cm³/mol. The summed E-state index contributed by atoms with van der Waals surface area (Å²) in [7, 11) is -3.94. The molecule has 1 unspecified atom stereocenters. The summed E-state index contributed by atoms with van der Waals surface area (Å²) in [4.78, 5) is 9.32. The normalized spacial score (nSPS) is 13.6. The highest BCUT2D eigenvalue weighted by molar-refractivity contribution is 7.47. The van der Waals surface area contributed by atoms with Crippen molar-refractivity contribution in [2.45, 2.75) is 116 Å². The number of rotatable bonds is 25. The lowest BCUT2D eigenvalue weighted by molar-refractivity contribution is 0.102. The molecule has 30 heavy (non-hydrogen) atoms. The fraction of sp³-hybridized carbons (Fsp3) is 1.00. The van der Waals surface area contributed by atoms with Gasteiger partial charge in [-0.3, -0.25) is 9.05 Å². The first-order valence-electron chi connectivity index (χ1n) is 12.5. The van der Waals surface area contributed by atoms with Gasteiger partial charge in [-0.05, 0) is 12.8 Å². The van der Waals surface area contributed by atoms with Gasteiger partial charge in [-0.2, -0.15) is 0 Å². The largest absolute Gasteiger partial charge is 0.472 e. The summed E-state index contributed by atoms with van der Waals surface area (Å²) in [5, 5.41) is 0. The Morgan fingerprint density at radius 2 is 1.00 bits per heavy atom. The van der Waals surface area contributed by atoms with E-state index in [1.165, 1.54) is 96.3 Å². The summed E-state index contributed by atoms with van der Waals surface area (Å²) in [5.74, 6) is 0. The van der Waals surface area contributed by atoms with Gasteiger partial charge in [0.05, 0.1) is 13.2 Å². The van der Waals surface area contributed by atoms with Crippen LogP contribution in [-0.4, -0.2) is 37.9 Å². The maximum Gasteiger partial charge on any atom is 0.472 e. The van der Waals surface area contributed by atoms with Gasteiger partial charge in [0.2, 0.25) is 0 Å². The topological polar surface area (TPSA) is 91.0 Å². The number of hydrogen-bond donors (Lipinski definition) is 2. The second-order valence-electron chi connectivity index (χ2n) is 8.19. The van der Waals surface area contributed by atoms with Gasteiger partial charge in [0.25, 0.3) is 0 Å². The average Bonchev–Trinajstić information content (AvgIpc) is 2.73. The van der Waals surface area contributed by atoms with E-state index in [1.807, 2.05) is 0 Å². The molecular formula is C23H50NO5P. The van der Waals surface area contributed by atoms with Crippen LogP contribution in [0.3, 0.4) is 0 Å². The van der Waals surface area contributed by atoms with E-state index in [2.05, 4.69) is 11.4 Å². The van der Waals surface area contributed by atoms with Gasteiger partial charge in [0, 0.05) is 19.8 Å². The minimum Gasteiger partial charge on any atom is -0.381 e. The first-order valence-corrected chi connectivity index (χ1v) is 14.0. The molecule has 182 valence electrons. The van der Waals surface area contributed by atoms with Crippen molar-refractivity contribution in [3.8, 4) is 0 Å². The first kappa shape index (κ1) is 30.0. The Labute approximate surface area is 186 Å². The van der Waals surface area contributed by atoms with Gasteiger partial charge >= 0.3 is 7.82 Å². The van der Waals surface area contributed by atoms with Crippen LogP contribution in [0.5, 0.6) is 0 Å². The Balaban J connectivity index is 3.12. The van der Waals surface area contributed by atoms with E-state index in [-0.39, 0.29) is 19.8 Å². The van der Waals surface area contributed by atoms with E-state index < -0.39 is 7.82 Å². The molecule has 0 aromatic heterocycles. The minimum atomic E-state index is -3.94. The molecule has 0 bridgehead atoms. The SMILES string of the molecule is CCCCCCCCCCCCCCCCCCOCCCOP(=O)(O)OCCN. The van der Waals surface area contributed by atoms with E-state index in [4.69, 9.17) is 15.0 Å². The number of ether oxygens (including phenoxy) is 1. The predicted octanol–water partition coefficient (Wildman–Crippen LogP) is 6.75. The zero-order valence-corrected chi connectivity index (χ0v) is 20.6. The van der Waals surface area contributed by atoms with Gasteiger partial charge in [-0.25, -0.2) is 4.57 Å². The molecule has 0 saturated heterocycles. The van der Waals surface area contributed by atoms with E-state index in [0.717, 1.165) is 13.0 Å². The molecule has 0 aliphatic heterocycles. The van der Waals surface area contributed by atoms with Crippen LogP contribution in [0.4, 0.5) is 0 Å². The van der Waals surface area contributed by atoms with Gasteiger partial charge in [-0.1, -0.05) is 103 Å². The smallest absolute Gasteiger partial charge is 0.381 e. The molecule has 0 heterocycles. The molecule has 6 nitrogen and oxygen atoms in total. The molecule has 0 aliphatic carbocycles. The zero-order valence-electron chi connectivity index (χ0n) is 19.7. The quantitative estimate of drug-likeness (QED) is 0.118. The number of hydrogen-bond acceptors (Lipinski definition) is 5. The lowest BCUT2D eigenvalue weighted by Gasteiger charge is -2.11. The highest BCUT2D eigenvalue weighted by Gasteiger charge is 2.19. The Morgan fingerprint density at radius 1 is 0.600 bits per heavy atom. The summed E-state index contributed by atoms with van der Waals surface area (Å²) in [6.07, 6.45) is 22.4. The van der Waals surface area contributed by atoms with Crippen molar-refractivity contribution in [3.63, 3.8) is 0 Å². The molecule has 0 aromatic carbocycles. The molecule has 0 aliphatic rings. The number of nitrogens with two attached hydrogens (primary N) is 1. The minimum absolute atomic E-state index is 0.0174. The third-order valence-corrected chi connectivity index (χ3v) is 6.22. The third-order valence-electron chi connectivity index (χ3n) is 5.20. The summed E-state index contributed by atoms with van der Waals surface area (Å²) >= 11 is 0. The highest BCUT2D eigenvalue weighted by Crippen LogP contribution is 2.42. The number of phosphoric acid groups is 1. The molecular weight excluding hydrogens is 401 g/mol. The van der Waals surface area contributed by atoms with Gasteiger partial charge in [0.1, 0.15) is 0 Å². The summed E-state index contributed by atoms with van der Waals surface area (Å²) in [6.45, 7) is 3.92. The first-order chi connectivity index (χ1) is 14.6. The van der Waals surface area contributed by atoms with E-state index in [9.17, 15) is 9.46 Å². The van der Waals surface area contributed by atoms with Gasteiger partial charge in [0.15, 0.2) is 0 Å². The number of phosphoric ester groups is 1. The van der Waals surface area contributed by atoms with Crippen LogP contribution < -0.4 is 5.73 Å². The van der Waals surface area contributed by atoms with Crippen LogP contribution in [0.15, 0.2) is 0 Å². The molecule has 0 rings (SSSR count). The van der Waals surface area contributed by atoms with Crippen molar-refractivity contribution < 1.29 is 23.2 Å². The van der Waals surface area contributed by atoms with Crippen molar-refractivity contribution in [2.75, 3.05) is 33.0 Å². The fourth-order valence-corrected chi connectivity index (χ4v) is 4.17. The van der Waals surface area contributed by atoms with Crippen molar-refractivity contribution in [3.05, 3.63) is 0 Å².